The molecule has 1 atom stereocenters. The first kappa shape index (κ1) is 9.71. The van der Waals surface area contributed by atoms with Gasteiger partial charge in [-0.25, -0.2) is 0 Å². The first-order valence-corrected chi connectivity index (χ1v) is 4.29. The summed E-state index contributed by atoms with van der Waals surface area (Å²) in [5, 5.41) is 8.83. The molecule has 1 unspecified atom stereocenters. The van der Waals surface area contributed by atoms with Crippen LogP contribution in [-0.2, 0) is 9.59 Å². The van der Waals surface area contributed by atoms with Crippen LogP contribution in [0.15, 0.2) is 23.8 Å². The molecule has 0 saturated carbocycles. The second-order valence-electron chi connectivity index (χ2n) is 3.01. The molecule has 0 bridgehead atoms. The molecule has 1 aliphatic carbocycles. The lowest BCUT2D eigenvalue weighted by Gasteiger charge is -2.13. The van der Waals surface area contributed by atoms with Gasteiger partial charge in [-0.2, -0.15) is 0 Å². The quantitative estimate of drug-likeness (QED) is 0.716. The minimum Gasteiger partial charge on any atom is -0.481 e. The molecule has 0 spiro atoms. The Balaban J connectivity index is 2.77. The number of carbonyl (C=O) groups is 2. The SMILES string of the molecule is CCC(C(=O)O)C1=CCC(=O)C=C1. The Labute approximate surface area is 76.8 Å². The van der Waals surface area contributed by atoms with E-state index in [0.717, 1.165) is 5.57 Å². The number of carboxylic acid groups (broad SMARTS) is 1. The van der Waals surface area contributed by atoms with Gasteiger partial charge in [0.15, 0.2) is 5.78 Å². The predicted octanol–water partition coefficient (Wildman–Crippen LogP) is 1.55. The molecule has 1 N–H and O–H groups in total. The van der Waals surface area contributed by atoms with Crippen molar-refractivity contribution < 1.29 is 14.7 Å². The largest absolute Gasteiger partial charge is 0.481 e. The van der Waals surface area contributed by atoms with Crippen molar-refractivity contribution in [2.75, 3.05) is 0 Å². The van der Waals surface area contributed by atoms with Crippen molar-refractivity contribution in [1.29, 1.82) is 0 Å². The number of carbonyl (C=O) groups excluding carboxylic acids is 1. The van der Waals surface area contributed by atoms with Crippen molar-refractivity contribution in [3.8, 4) is 0 Å². The molecule has 3 heteroatoms. The summed E-state index contributed by atoms with van der Waals surface area (Å²) in [7, 11) is 0. The minimum absolute atomic E-state index is 0.0315. The van der Waals surface area contributed by atoms with E-state index in [1.807, 2.05) is 6.92 Å². The average molecular weight is 180 g/mol. The van der Waals surface area contributed by atoms with Gasteiger partial charge in [-0.3, -0.25) is 9.59 Å². The second kappa shape index (κ2) is 4.03. The van der Waals surface area contributed by atoms with Gasteiger partial charge in [0.05, 0.1) is 5.92 Å². The summed E-state index contributed by atoms with van der Waals surface area (Å²) < 4.78 is 0. The molecule has 0 amide bonds. The number of rotatable bonds is 3. The van der Waals surface area contributed by atoms with Crippen molar-refractivity contribution in [2.24, 2.45) is 5.92 Å². The first-order valence-electron chi connectivity index (χ1n) is 4.29. The average Bonchev–Trinajstić information content (AvgIpc) is 2.09. The molecule has 3 nitrogen and oxygen atoms in total. The monoisotopic (exact) mass is 180 g/mol. The fourth-order valence-electron chi connectivity index (χ4n) is 1.36. The Morgan fingerprint density at radius 2 is 2.31 bits per heavy atom. The Bertz CT molecular complexity index is 287. The van der Waals surface area contributed by atoms with E-state index in [1.54, 1.807) is 12.2 Å². The number of hydrogen-bond donors (Lipinski definition) is 1. The molecule has 0 aromatic heterocycles. The third-order valence-electron chi connectivity index (χ3n) is 2.11. The maximum Gasteiger partial charge on any atom is 0.310 e. The Kier molecular flexibility index (Phi) is 3.01. The van der Waals surface area contributed by atoms with Crippen molar-refractivity contribution in [2.45, 2.75) is 19.8 Å². The molecule has 0 aliphatic heterocycles. The van der Waals surface area contributed by atoms with Gasteiger partial charge in [0.2, 0.25) is 0 Å². The van der Waals surface area contributed by atoms with E-state index in [1.165, 1.54) is 6.08 Å². The highest BCUT2D eigenvalue weighted by Gasteiger charge is 2.19. The third-order valence-corrected chi connectivity index (χ3v) is 2.11. The van der Waals surface area contributed by atoms with E-state index in [4.69, 9.17) is 5.11 Å². The molecule has 13 heavy (non-hydrogen) atoms. The molecule has 0 heterocycles. The molecular formula is C10H12O3. The molecule has 0 radical (unpaired) electrons. The highest BCUT2D eigenvalue weighted by atomic mass is 16.4. The fourth-order valence-corrected chi connectivity index (χ4v) is 1.36. The molecule has 0 aromatic carbocycles. The molecule has 0 fully saturated rings. The first-order chi connectivity index (χ1) is 6.15. The van der Waals surface area contributed by atoms with Gasteiger partial charge in [-0.1, -0.05) is 19.1 Å². The second-order valence-corrected chi connectivity index (χ2v) is 3.01. The standard InChI is InChI=1S/C10H12O3/c1-2-9(10(12)13)7-3-5-8(11)6-4-7/h3-5,9H,2,6H2,1H3,(H,12,13). The summed E-state index contributed by atoms with van der Waals surface area (Å²) in [4.78, 5) is 21.6. The van der Waals surface area contributed by atoms with E-state index < -0.39 is 11.9 Å². The molecule has 70 valence electrons. The summed E-state index contributed by atoms with van der Waals surface area (Å²) in [6, 6.07) is 0. The highest BCUT2D eigenvalue weighted by Crippen LogP contribution is 2.20. The maximum atomic E-state index is 10.8. The summed E-state index contributed by atoms with van der Waals surface area (Å²) in [5.41, 5.74) is 0.745. The van der Waals surface area contributed by atoms with Gasteiger partial charge in [0.1, 0.15) is 0 Å². The van der Waals surface area contributed by atoms with Gasteiger partial charge in [0.25, 0.3) is 0 Å². The van der Waals surface area contributed by atoms with E-state index in [9.17, 15) is 9.59 Å². The van der Waals surface area contributed by atoms with Crippen LogP contribution in [0.3, 0.4) is 0 Å². The molecule has 0 aromatic rings. The molecule has 1 rings (SSSR count). The minimum atomic E-state index is -0.826. The van der Waals surface area contributed by atoms with Crippen molar-refractivity contribution in [3.63, 3.8) is 0 Å². The molecular weight excluding hydrogens is 168 g/mol. The summed E-state index contributed by atoms with van der Waals surface area (Å²) in [5.74, 6) is -1.26. The topological polar surface area (TPSA) is 54.4 Å². The maximum absolute atomic E-state index is 10.8. The van der Waals surface area contributed by atoms with Gasteiger partial charge in [0, 0.05) is 6.42 Å². The third kappa shape index (κ3) is 2.28. The number of hydrogen-bond acceptors (Lipinski definition) is 2. The van der Waals surface area contributed by atoms with Crippen molar-refractivity contribution >= 4 is 11.8 Å². The van der Waals surface area contributed by atoms with E-state index in [2.05, 4.69) is 0 Å². The zero-order valence-corrected chi connectivity index (χ0v) is 7.49. The van der Waals surface area contributed by atoms with Gasteiger partial charge >= 0.3 is 5.97 Å². The van der Waals surface area contributed by atoms with Crippen LogP contribution in [-0.4, -0.2) is 16.9 Å². The zero-order chi connectivity index (χ0) is 9.84. The van der Waals surface area contributed by atoms with Crippen LogP contribution in [0.5, 0.6) is 0 Å². The number of carboxylic acids is 1. The van der Waals surface area contributed by atoms with Crippen LogP contribution in [0.25, 0.3) is 0 Å². The van der Waals surface area contributed by atoms with Crippen LogP contribution >= 0.6 is 0 Å². The summed E-state index contributed by atoms with van der Waals surface area (Å²) in [6.07, 6.45) is 5.63. The lowest BCUT2D eigenvalue weighted by atomic mass is 9.92. The van der Waals surface area contributed by atoms with E-state index in [-0.39, 0.29) is 5.78 Å². The predicted molar refractivity (Wildman–Crippen MR) is 48.3 cm³/mol. The Morgan fingerprint density at radius 3 is 2.69 bits per heavy atom. The summed E-state index contributed by atoms with van der Waals surface area (Å²) in [6.45, 7) is 1.82. The fraction of sp³-hybridized carbons (Fsp3) is 0.400. The lowest BCUT2D eigenvalue weighted by Crippen LogP contribution is -2.16. The van der Waals surface area contributed by atoms with Gasteiger partial charge in [-0.05, 0) is 18.1 Å². The van der Waals surface area contributed by atoms with E-state index in [0.29, 0.717) is 12.8 Å². The normalized spacial score (nSPS) is 18.2. The van der Waals surface area contributed by atoms with Crippen LogP contribution in [0, 0.1) is 5.92 Å². The Hall–Kier alpha value is -1.38. The van der Waals surface area contributed by atoms with Crippen LogP contribution in [0.2, 0.25) is 0 Å². The van der Waals surface area contributed by atoms with Crippen LogP contribution < -0.4 is 0 Å². The number of ketones is 1. The smallest absolute Gasteiger partial charge is 0.310 e. The van der Waals surface area contributed by atoms with Crippen LogP contribution in [0.1, 0.15) is 19.8 Å². The lowest BCUT2D eigenvalue weighted by molar-refractivity contribution is -0.140. The zero-order valence-electron chi connectivity index (χ0n) is 7.49. The Morgan fingerprint density at radius 1 is 1.62 bits per heavy atom. The van der Waals surface area contributed by atoms with Gasteiger partial charge < -0.3 is 5.11 Å². The summed E-state index contributed by atoms with van der Waals surface area (Å²) >= 11 is 0. The van der Waals surface area contributed by atoms with Crippen molar-refractivity contribution in [1.82, 2.24) is 0 Å². The number of aliphatic carboxylic acids is 1. The molecule has 1 aliphatic rings. The van der Waals surface area contributed by atoms with Crippen molar-refractivity contribution in [3.05, 3.63) is 23.8 Å². The van der Waals surface area contributed by atoms with Crippen LogP contribution in [0.4, 0.5) is 0 Å². The van der Waals surface area contributed by atoms with Gasteiger partial charge in [-0.15, -0.1) is 0 Å². The van der Waals surface area contributed by atoms with E-state index >= 15 is 0 Å². The number of allylic oxidation sites excluding steroid dienone is 3. The highest BCUT2D eigenvalue weighted by molar-refractivity contribution is 5.93. The molecule has 0 saturated heterocycles.